The molecule has 1 aromatic rings. The smallest absolute Gasteiger partial charge is 0.369 e. The third-order valence-electron chi connectivity index (χ3n) is 5.29. The van der Waals surface area contributed by atoms with Crippen LogP contribution in [0.5, 0.6) is 0 Å². The Kier molecular flexibility index (Phi) is 6.43. The summed E-state index contributed by atoms with van der Waals surface area (Å²) < 4.78 is 79.3. The molecule has 1 atom stereocenters. The fourth-order valence-electron chi connectivity index (χ4n) is 3.09. The summed E-state index contributed by atoms with van der Waals surface area (Å²) in [6.45, 7) is 11.7. The average molecular weight is 398 g/mol. The van der Waals surface area contributed by atoms with E-state index in [1.165, 1.54) is 6.07 Å². The second kappa shape index (κ2) is 7.30. The van der Waals surface area contributed by atoms with E-state index in [2.05, 4.69) is 0 Å². The van der Waals surface area contributed by atoms with Gasteiger partial charge in [-0.1, -0.05) is 72.2 Å². The van der Waals surface area contributed by atoms with Crippen molar-refractivity contribution in [3.8, 4) is 0 Å². The van der Waals surface area contributed by atoms with Crippen molar-refractivity contribution in [1.82, 2.24) is 0 Å². The van der Waals surface area contributed by atoms with Crippen molar-refractivity contribution in [3.63, 3.8) is 0 Å². The summed E-state index contributed by atoms with van der Waals surface area (Å²) in [7, 11) is 0. The van der Waals surface area contributed by atoms with Gasteiger partial charge in [0.1, 0.15) is 0 Å². The first-order valence-corrected chi connectivity index (χ1v) is 8.83. The summed E-state index contributed by atoms with van der Waals surface area (Å²) in [6, 6.07) is 4.20. The first-order chi connectivity index (χ1) is 11.9. The number of hydrogen-bond donors (Lipinski definition) is 1. The quantitative estimate of drug-likeness (QED) is 0.532. The molecule has 1 N–H and O–H groups in total. The lowest BCUT2D eigenvalue weighted by Crippen LogP contribution is -2.54. The number of hydrogen-bond acceptors (Lipinski definition) is 1. The molecule has 7 heteroatoms. The molecule has 0 radical (unpaired) electrons. The average Bonchev–Trinajstić information content (AvgIpc) is 2.48. The molecule has 0 aliphatic carbocycles. The van der Waals surface area contributed by atoms with E-state index in [0.29, 0.717) is 18.1 Å². The lowest BCUT2D eigenvalue weighted by Gasteiger charge is -2.38. The van der Waals surface area contributed by atoms with Gasteiger partial charge in [-0.05, 0) is 28.7 Å². The van der Waals surface area contributed by atoms with Crippen LogP contribution in [0.1, 0.15) is 71.4 Å². The molecule has 1 aromatic carbocycles. The summed E-state index contributed by atoms with van der Waals surface area (Å²) in [5, 5.41) is 9.69. The molecule has 27 heavy (non-hydrogen) atoms. The molecule has 0 spiro atoms. The molecule has 0 aliphatic rings. The van der Waals surface area contributed by atoms with Gasteiger partial charge >= 0.3 is 12.4 Å². The monoisotopic (exact) mass is 398 g/mol. The molecule has 0 bridgehead atoms. The van der Waals surface area contributed by atoms with Gasteiger partial charge in [0.15, 0.2) is 0 Å². The highest BCUT2D eigenvalue weighted by molar-refractivity contribution is 5.34. The van der Waals surface area contributed by atoms with Gasteiger partial charge in [0.25, 0.3) is 5.60 Å². The topological polar surface area (TPSA) is 20.2 Å². The van der Waals surface area contributed by atoms with Crippen LogP contribution in [0.4, 0.5) is 26.3 Å². The van der Waals surface area contributed by atoms with E-state index in [9.17, 15) is 31.4 Å². The van der Waals surface area contributed by atoms with Crippen LogP contribution >= 0.6 is 0 Å². The Bertz CT molecular complexity index is 623. The normalized spacial score (nSPS) is 15.7. The Labute approximate surface area is 156 Å². The van der Waals surface area contributed by atoms with E-state index in [1.807, 2.05) is 41.5 Å². The van der Waals surface area contributed by atoms with Crippen LogP contribution in [0.2, 0.25) is 0 Å². The fourth-order valence-corrected chi connectivity index (χ4v) is 3.09. The molecule has 0 fully saturated rings. The maximum Gasteiger partial charge on any atom is 0.430 e. The number of benzene rings is 1. The maximum absolute atomic E-state index is 13.2. The molecule has 156 valence electrons. The zero-order chi connectivity index (χ0) is 21.5. The molecule has 1 nitrogen and oxygen atoms in total. The van der Waals surface area contributed by atoms with Crippen molar-refractivity contribution in [3.05, 3.63) is 35.4 Å². The number of halogens is 6. The van der Waals surface area contributed by atoms with Crippen molar-refractivity contribution in [2.45, 2.75) is 78.3 Å². The van der Waals surface area contributed by atoms with Gasteiger partial charge in [0, 0.05) is 5.56 Å². The zero-order valence-electron chi connectivity index (χ0n) is 16.5. The van der Waals surface area contributed by atoms with Gasteiger partial charge in [0.2, 0.25) is 0 Å². The molecule has 1 unspecified atom stereocenters. The van der Waals surface area contributed by atoms with Crippen LogP contribution in [0, 0.1) is 10.8 Å². The van der Waals surface area contributed by atoms with Gasteiger partial charge in [-0.3, -0.25) is 0 Å². The number of aliphatic hydroxyl groups is 1. The number of rotatable bonds is 5. The van der Waals surface area contributed by atoms with Crippen LogP contribution in [-0.2, 0) is 5.60 Å². The molecule has 0 aromatic heterocycles. The summed E-state index contributed by atoms with van der Waals surface area (Å²) in [5.41, 5.74) is -6.28. The molecular weight excluding hydrogens is 370 g/mol. The third kappa shape index (κ3) is 4.98. The lowest BCUT2D eigenvalue weighted by atomic mass is 9.67. The summed E-state index contributed by atoms with van der Waals surface area (Å²) in [4.78, 5) is 0. The van der Waals surface area contributed by atoms with E-state index in [0.717, 1.165) is 18.6 Å². The predicted octanol–water partition coefficient (Wildman–Crippen LogP) is 6.95. The Morgan fingerprint density at radius 3 is 1.74 bits per heavy atom. The molecule has 0 heterocycles. The van der Waals surface area contributed by atoms with Crippen LogP contribution in [0.25, 0.3) is 0 Å². The minimum absolute atomic E-state index is 0.141. The Morgan fingerprint density at radius 2 is 1.37 bits per heavy atom. The van der Waals surface area contributed by atoms with E-state index in [1.54, 1.807) is 0 Å². The fraction of sp³-hybridized carbons (Fsp3) is 0.700. The standard InChI is InChI=1S/C20H28F6O/c1-7-17(5,6)12-15(16(2,3)4)13-9-8-10-14(11-13)18(27,19(21,22)23)20(24,25)26/h8-11,15,27H,7,12H2,1-6H3. The van der Waals surface area contributed by atoms with Crippen molar-refractivity contribution < 1.29 is 31.4 Å². The summed E-state index contributed by atoms with van der Waals surface area (Å²) in [5.74, 6) is -0.280. The predicted molar refractivity (Wildman–Crippen MR) is 93.3 cm³/mol. The Balaban J connectivity index is 3.57. The lowest BCUT2D eigenvalue weighted by molar-refractivity contribution is -0.376. The van der Waals surface area contributed by atoms with Crippen LogP contribution in [0.3, 0.4) is 0 Å². The Hall–Kier alpha value is -1.24. The Morgan fingerprint density at radius 1 is 0.889 bits per heavy atom. The highest BCUT2D eigenvalue weighted by Crippen LogP contribution is 2.51. The van der Waals surface area contributed by atoms with Crippen molar-refractivity contribution in [2.75, 3.05) is 0 Å². The highest BCUT2D eigenvalue weighted by Gasteiger charge is 2.71. The van der Waals surface area contributed by atoms with E-state index in [-0.39, 0.29) is 16.7 Å². The van der Waals surface area contributed by atoms with Crippen molar-refractivity contribution in [1.29, 1.82) is 0 Å². The first-order valence-electron chi connectivity index (χ1n) is 8.83. The van der Waals surface area contributed by atoms with E-state index < -0.39 is 23.5 Å². The largest absolute Gasteiger partial charge is 0.430 e. The van der Waals surface area contributed by atoms with Crippen molar-refractivity contribution in [2.24, 2.45) is 10.8 Å². The molecule has 0 saturated carbocycles. The SMILES string of the molecule is CCC(C)(C)CC(c1cccc(C(O)(C(F)(F)F)C(F)(F)F)c1)C(C)(C)C. The molecule has 0 aliphatic heterocycles. The van der Waals surface area contributed by atoms with Gasteiger partial charge < -0.3 is 5.11 Å². The maximum atomic E-state index is 13.2. The van der Waals surface area contributed by atoms with Crippen molar-refractivity contribution >= 4 is 0 Å². The summed E-state index contributed by atoms with van der Waals surface area (Å²) >= 11 is 0. The molecule has 0 saturated heterocycles. The zero-order valence-corrected chi connectivity index (χ0v) is 16.5. The van der Waals surface area contributed by atoms with Gasteiger partial charge in [-0.25, -0.2) is 0 Å². The number of alkyl halides is 6. The third-order valence-corrected chi connectivity index (χ3v) is 5.29. The second-order valence-electron chi connectivity index (χ2n) is 8.97. The van der Waals surface area contributed by atoms with Crippen LogP contribution < -0.4 is 0 Å². The second-order valence-corrected chi connectivity index (χ2v) is 8.97. The first kappa shape index (κ1) is 23.8. The van der Waals surface area contributed by atoms with Crippen LogP contribution in [-0.4, -0.2) is 17.5 Å². The van der Waals surface area contributed by atoms with E-state index in [4.69, 9.17) is 0 Å². The molecule has 0 amide bonds. The molecular formula is C20H28F6O. The van der Waals surface area contributed by atoms with Gasteiger partial charge in [0.05, 0.1) is 0 Å². The minimum Gasteiger partial charge on any atom is -0.369 e. The van der Waals surface area contributed by atoms with Gasteiger partial charge in [-0.2, -0.15) is 26.3 Å². The molecule has 1 rings (SSSR count). The minimum atomic E-state index is -5.89. The van der Waals surface area contributed by atoms with Crippen LogP contribution in [0.15, 0.2) is 24.3 Å². The van der Waals surface area contributed by atoms with E-state index >= 15 is 0 Å². The highest BCUT2D eigenvalue weighted by atomic mass is 19.4. The van der Waals surface area contributed by atoms with Gasteiger partial charge in [-0.15, -0.1) is 0 Å². The summed E-state index contributed by atoms with van der Waals surface area (Å²) in [6.07, 6.45) is -10.4.